The van der Waals surface area contributed by atoms with Crippen molar-refractivity contribution in [2.75, 3.05) is 24.6 Å². The third-order valence-electron chi connectivity index (χ3n) is 4.11. The zero-order chi connectivity index (χ0) is 19.2. The van der Waals surface area contributed by atoms with Crippen LogP contribution in [0.15, 0.2) is 34.2 Å². The number of aromatic amines is 2. The Bertz CT molecular complexity index is 1100. The van der Waals surface area contributed by atoms with Crippen LogP contribution in [0.4, 0.5) is 18.9 Å². The molecule has 1 aliphatic rings. The number of alkyl halides is 3. The summed E-state index contributed by atoms with van der Waals surface area (Å²) >= 11 is 0. The molecule has 3 aromatic heterocycles. The number of H-pyrrole nitrogens is 2. The number of aromatic nitrogens is 5. The molecule has 0 amide bonds. The lowest BCUT2D eigenvalue weighted by atomic mass is 10.1. The highest BCUT2D eigenvalue weighted by molar-refractivity contribution is 5.75. The topological polar surface area (TPSA) is 108 Å². The average molecular weight is 382 g/mol. The molecule has 1 fully saturated rings. The fourth-order valence-corrected chi connectivity index (χ4v) is 2.82. The second kappa shape index (κ2) is 6.23. The fraction of sp³-hybridized carbons (Fsp3) is 0.333. The molecular weight excluding hydrogens is 369 g/mol. The van der Waals surface area contributed by atoms with Gasteiger partial charge in [-0.1, -0.05) is 0 Å². The third-order valence-corrected chi connectivity index (χ3v) is 4.11. The van der Waals surface area contributed by atoms with Crippen molar-refractivity contribution in [2.24, 2.45) is 0 Å². The van der Waals surface area contributed by atoms with E-state index in [1.165, 1.54) is 16.9 Å². The maximum absolute atomic E-state index is 12.3. The molecule has 1 aliphatic heterocycles. The van der Waals surface area contributed by atoms with Crippen molar-refractivity contribution in [3.05, 3.63) is 45.5 Å². The number of ether oxygens (including phenoxy) is 1. The standard InChI is InChI=1S/C15H13F3N6O3/c16-15(17,18)7-27-8-5-23(6-8)11-3-10(22-24-2-1-19-12(11)24)9-4-20-14(26)21-13(9)25/h1-4,8H,5-7H2,(H2,20,21,25,26). The van der Waals surface area contributed by atoms with Gasteiger partial charge in [-0.05, 0) is 6.07 Å². The highest BCUT2D eigenvalue weighted by atomic mass is 19.4. The van der Waals surface area contributed by atoms with Gasteiger partial charge >= 0.3 is 11.9 Å². The molecule has 0 atom stereocenters. The van der Waals surface area contributed by atoms with E-state index in [0.29, 0.717) is 11.3 Å². The van der Waals surface area contributed by atoms with Crippen LogP contribution in [0.2, 0.25) is 0 Å². The summed E-state index contributed by atoms with van der Waals surface area (Å²) in [6.45, 7) is -0.785. The predicted octanol–water partition coefficient (Wildman–Crippen LogP) is 0.540. The molecule has 0 unspecified atom stereocenters. The van der Waals surface area contributed by atoms with Gasteiger partial charge in [0.2, 0.25) is 0 Å². The van der Waals surface area contributed by atoms with E-state index in [1.54, 1.807) is 17.2 Å². The maximum atomic E-state index is 12.3. The molecule has 0 aliphatic carbocycles. The molecule has 0 spiro atoms. The van der Waals surface area contributed by atoms with Crippen molar-refractivity contribution in [1.29, 1.82) is 0 Å². The predicted molar refractivity (Wildman–Crippen MR) is 87.7 cm³/mol. The molecule has 9 nitrogen and oxygen atoms in total. The first-order valence-electron chi connectivity index (χ1n) is 7.90. The van der Waals surface area contributed by atoms with Crippen molar-refractivity contribution < 1.29 is 17.9 Å². The number of hydrogen-bond donors (Lipinski definition) is 2. The SMILES string of the molecule is O=c1[nH]cc(-c2cc(N3CC(OCC(F)(F)F)C3)c3nccn3n2)c(=O)[nH]1. The summed E-state index contributed by atoms with van der Waals surface area (Å²) < 4.78 is 43.0. The zero-order valence-corrected chi connectivity index (χ0v) is 13.7. The number of nitrogens with zero attached hydrogens (tertiary/aromatic N) is 4. The lowest BCUT2D eigenvalue weighted by Crippen LogP contribution is -2.53. The minimum Gasteiger partial charge on any atom is -0.365 e. The van der Waals surface area contributed by atoms with Gasteiger partial charge in [-0.3, -0.25) is 9.78 Å². The molecule has 0 radical (unpaired) electrons. The molecule has 0 bridgehead atoms. The van der Waals surface area contributed by atoms with E-state index in [2.05, 4.69) is 20.1 Å². The van der Waals surface area contributed by atoms with Crippen molar-refractivity contribution >= 4 is 11.3 Å². The lowest BCUT2D eigenvalue weighted by molar-refractivity contribution is -0.187. The summed E-state index contributed by atoms with van der Waals surface area (Å²) in [7, 11) is 0. The minimum atomic E-state index is -4.37. The van der Waals surface area contributed by atoms with E-state index in [9.17, 15) is 22.8 Å². The first kappa shape index (κ1) is 17.3. The molecule has 0 saturated carbocycles. The summed E-state index contributed by atoms with van der Waals surface area (Å²) in [6.07, 6.45) is -0.563. The molecule has 1 saturated heterocycles. The second-order valence-electron chi connectivity index (χ2n) is 6.05. The van der Waals surface area contributed by atoms with Gasteiger partial charge in [0.05, 0.1) is 17.4 Å². The largest absolute Gasteiger partial charge is 0.411 e. The summed E-state index contributed by atoms with van der Waals surface area (Å²) in [5, 5.41) is 4.29. The minimum absolute atomic E-state index is 0.150. The van der Waals surface area contributed by atoms with E-state index in [1.807, 2.05) is 0 Å². The van der Waals surface area contributed by atoms with Crippen LogP contribution in [0, 0.1) is 0 Å². The summed E-state index contributed by atoms with van der Waals surface area (Å²) in [6, 6.07) is 1.60. The van der Waals surface area contributed by atoms with E-state index < -0.39 is 30.1 Å². The van der Waals surface area contributed by atoms with Crippen molar-refractivity contribution in [3.63, 3.8) is 0 Å². The van der Waals surface area contributed by atoms with Gasteiger partial charge < -0.3 is 14.6 Å². The van der Waals surface area contributed by atoms with Crippen molar-refractivity contribution in [1.82, 2.24) is 24.6 Å². The molecule has 2 N–H and O–H groups in total. The van der Waals surface area contributed by atoms with Gasteiger partial charge in [0.1, 0.15) is 12.3 Å². The monoisotopic (exact) mass is 382 g/mol. The van der Waals surface area contributed by atoms with Crippen molar-refractivity contribution in [2.45, 2.75) is 12.3 Å². The van der Waals surface area contributed by atoms with Crippen LogP contribution in [-0.2, 0) is 4.74 Å². The van der Waals surface area contributed by atoms with Gasteiger partial charge in [-0.15, -0.1) is 0 Å². The van der Waals surface area contributed by atoms with Crippen molar-refractivity contribution in [3.8, 4) is 11.3 Å². The molecule has 142 valence electrons. The quantitative estimate of drug-likeness (QED) is 0.682. The maximum Gasteiger partial charge on any atom is 0.411 e. The van der Waals surface area contributed by atoms with Crippen LogP contribution in [-0.4, -0.2) is 56.5 Å². The third kappa shape index (κ3) is 3.43. The molecule has 27 heavy (non-hydrogen) atoms. The lowest BCUT2D eigenvalue weighted by Gasteiger charge is -2.40. The number of anilines is 1. The Kier molecular flexibility index (Phi) is 3.98. The summed E-state index contributed by atoms with van der Waals surface area (Å²) in [4.78, 5) is 33.7. The normalized spacial score (nSPS) is 15.3. The highest BCUT2D eigenvalue weighted by Gasteiger charge is 2.35. The van der Waals surface area contributed by atoms with Gasteiger partial charge in [0, 0.05) is 31.7 Å². The van der Waals surface area contributed by atoms with Gasteiger partial charge in [0.25, 0.3) is 5.56 Å². The number of hydrogen-bond acceptors (Lipinski definition) is 6. The van der Waals surface area contributed by atoms with E-state index in [4.69, 9.17) is 4.74 Å². The van der Waals surface area contributed by atoms with Crippen LogP contribution in [0.3, 0.4) is 0 Å². The van der Waals surface area contributed by atoms with Crippen LogP contribution in [0.25, 0.3) is 16.9 Å². The Balaban J connectivity index is 1.63. The smallest absolute Gasteiger partial charge is 0.365 e. The van der Waals surface area contributed by atoms with Crippen LogP contribution < -0.4 is 16.1 Å². The average Bonchev–Trinajstić information content (AvgIpc) is 3.00. The number of nitrogens with one attached hydrogen (secondary N) is 2. The van der Waals surface area contributed by atoms with Crippen LogP contribution in [0.5, 0.6) is 0 Å². The van der Waals surface area contributed by atoms with E-state index in [0.717, 1.165) is 0 Å². The number of halogens is 3. The molecule has 4 heterocycles. The zero-order valence-electron chi connectivity index (χ0n) is 13.7. The summed E-state index contributed by atoms with van der Waals surface area (Å²) in [5.74, 6) is 0. The molecule has 3 aromatic rings. The molecule has 0 aromatic carbocycles. The number of fused-ring (bicyclic) bond motifs is 1. The molecule has 4 rings (SSSR count). The van der Waals surface area contributed by atoms with Crippen LogP contribution in [0.1, 0.15) is 0 Å². The Hall–Kier alpha value is -3.15. The molecular formula is C15H13F3N6O3. The Labute approximate surface area is 148 Å². The van der Waals surface area contributed by atoms with Gasteiger partial charge in [-0.25, -0.2) is 14.3 Å². The Morgan fingerprint density at radius 1 is 1.30 bits per heavy atom. The Morgan fingerprint density at radius 3 is 2.78 bits per heavy atom. The van der Waals surface area contributed by atoms with E-state index >= 15 is 0 Å². The number of rotatable bonds is 4. The Morgan fingerprint density at radius 2 is 2.07 bits per heavy atom. The van der Waals surface area contributed by atoms with Gasteiger partial charge in [-0.2, -0.15) is 18.3 Å². The number of imidazole rings is 1. The van der Waals surface area contributed by atoms with Crippen LogP contribution >= 0.6 is 0 Å². The first-order valence-corrected chi connectivity index (χ1v) is 7.90. The highest BCUT2D eigenvalue weighted by Crippen LogP contribution is 2.29. The first-order chi connectivity index (χ1) is 12.8. The van der Waals surface area contributed by atoms with Gasteiger partial charge in [0.15, 0.2) is 5.65 Å². The fourth-order valence-electron chi connectivity index (χ4n) is 2.82. The molecule has 12 heteroatoms. The summed E-state index contributed by atoms with van der Waals surface area (Å²) in [5.41, 5.74) is 0.285. The van der Waals surface area contributed by atoms with E-state index in [-0.39, 0.29) is 24.3 Å². The second-order valence-corrected chi connectivity index (χ2v) is 6.05.